The molecule has 0 aliphatic carbocycles. The molecule has 1 N–H and O–H groups in total. The zero-order valence-electron chi connectivity index (χ0n) is 22.4. The fourth-order valence-electron chi connectivity index (χ4n) is 4.84. The monoisotopic (exact) mass is 490 g/mol. The summed E-state index contributed by atoms with van der Waals surface area (Å²) in [6.07, 6.45) is 5.42. The van der Waals surface area contributed by atoms with Gasteiger partial charge in [0.1, 0.15) is 5.76 Å². The van der Waals surface area contributed by atoms with E-state index in [9.17, 15) is 14.7 Å². The van der Waals surface area contributed by atoms with Crippen LogP contribution in [0, 0.1) is 0 Å². The number of benzene rings is 2. The van der Waals surface area contributed by atoms with Gasteiger partial charge in [0.2, 0.25) is 0 Å². The van der Waals surface area contributed by atoms with Gasteiger partial charge < -0.3 is 14.9 Å². The number of unbranched alkanes of at least 4 members (excludes halogenated alkanes) is 2. The Labute approximate surface area is 216 Å². The second-order valence-electron chi connectivity index (χ2n) is 10.1. The van der Waals surface area contributed by atoms with Crippen LogP contribution in [0.15, 0.2) is 60.2 Å². The van der Waals surface area contributed by atoms with Crippen LogP contribution in [-0.4, -0.2) is 52.8 Å². The van der Waals surface area contributed by atoms with Crippen molar-refractivity contribution in [1.29, 1.82) is 0 Å². The Hall–Kier alpha value is -2.92. The summed E-state index contributed by atoms with van der Waals surface area (Å²) in [4.78, 5) is 30.6. The van der Waals surface area contributed by atoms with Crippen LogP contribution < -0.4 is 0 Å². The molecule has 2 aromatic carbocycles. The van der Waals surface area contributed by atoms with Crippen LogP contribution >= 0.6 is 0 Å². The first-order valence-corrected chi connectivity index (χ1v) is 13.5. The van der Waals surface area contributed by atoms with E-state index in [0.29, 0.717) is 18.0 Å². The normalized spacial score (nSPS) is 17.5. The Bertz CT molecular complexity index is 1020. The first-order chi connectivity index (χ1) is 17.4. The van der Waals surface area contributed by atoms with E-state index in [-0.39, 0.29) is 11.3 Å². The molecule has 1 saturated heterocycles. The lowest BCUT2D eigenvalue weighted by Crippen LogP contribution is -2.34. The molecule has 0 radical (unpaired) electrons. The van der Waals surface area contributed by atoms with Crippen LogP contribution in [0.5, 0.6) is 0 Å². The number of likely N-dealkylation sites (tertiary alicyclic amines) is 1. The van der Waals surface area contributed by atoms with Gasteiger partial charge in [0.25, 0.3) is 11.7 Å². The number of Topliss-reactive ketones (excluding diaryl/α,β-unsaturated/α-hetero) is 1. The van der Waals surface area contributed by atoms with E-state index >= 15 is 0 Å². The predicted octanol–water partition coefficient (Wildman–Crippen LogP) is 6.52. The second-order valence-corrected chi connectivity index (χ2v) is 10.1. The Morgan fingerprint density at radius 2 is 1.47 bits per heavy atom. The van der Waals surface area contributed by atoms with Crippen LogP contribution in [0.3, 0.4) is 0 Å². The molecule has 0 bridgehead atoms. The molecule has 1 amide bonds. The fourth-order valence-corrected chi connectivity index (χ4v) is 4.84. The minimum atomic E-state index is -0.608. The third kappa shape index (κ3) is 6.64. The fraction of sp³-hybridized carbons (Fsp3) is 0.484. The number of aliphatic hydroxyl groups is 1. The molecule has 0 spiro atoms. The van der Waals surface area contributed by atoms with Crippen molar-refractivity contribution in [3.05, 3.63) is 76.9 Å². The van der Waals surface area contributed by atoms with Gasteiger partial charge in [-0.1, -0.05) is 95.1 Å². The van der Waals surface area contributed by atoms with Crippen molar-refractivity contribution in [1.82, 2.24) is 9.80 Å². The standard InChI is InChI=1S/C31H42N2O3/c1-5-7-19-32(20-8-6-2)21-12-22-33-28(25-17-15-24(16-18-25)23(3)4)27(30(35)31(33)36)29(34)26-13-10-9-11-14-26/h9-11,13-18,23,28,34H,5-8,12,19-22H2,1-4H3/b29-27-. The van der Waals surface area contributed by atoms with Gasteiger partial charge in [-0.3, -0.25) is 9.59 Å². The maximum atomic E-state index is 13.2. The molecule has 1 aliphatic heterocycles. The number of ketones is 1. The van der Waals surface area contributed by atoms with E-state index in [1.54, 1.807) is 17.0 Å². The lowest BCUT2D eigenvalue weighted by atomic mass is 9.93. The summed E-state index contributed by atoms with van der Waals surface area (Å²) in [5, 5.41) is 11.2. The van der Waals surface area contributed by atoms with E-state index in [4.69, 9.17) is 0 Å². The maximum Gasteiger partial charge on any atom is 0.295 e. The summed E-state index contributed by atoms with van der Waals surface area (Å²) in [6, 6.07) is 16.5. The molecular weight excluding hydrogens is 448 g/mol. The third-order valence-electron chi connectivity index (χ3n) is 7.04. The van der Waals surface area contributed by atoms with Crippen molar-refractivity contribution in [3.63, 3.8) is 0 Å². The summed E-state index contributed by atoms with van der Waals surface area (Å²) < 4.78 is 0. The first-order valence-electron chi connectivity index (χ1n) is 13.5. The van der Waals surface area contributed by atoms with E-state index in [1.165, 1.54) is 5.56 Å². The quantitative estimate of drug-likeness (QED) is 0.197. The van der Waals surface area contributed by atoms with Crippen molar-refractivity contribution in [2.24, 2.45) is 0 Å². The SMILES string of the molecule is CCCCN(CCCC)CCCN1C(=O)C(=O)/C(=C(\O)c2ccccc2)C1c1ccc(C(C)C)cc1. The van der Waals surface area contributed by atoms with Crippen LogP contribution in [-0.2, 0) is 9.59 Å². The molecule has 1 unspecified atom stereocenters. The summed E-state index contributed by atoms with van der Waals surface area (Å²) in [7, 11) is 0. The van der Waals surface area contributed by atoms with Crippen LogP contribution in [0.4, 0.5) is 0 Å². The number of carbonyl (C=O) groups excluding carboxylic acids is 2. The highest BCUT2D eigenvalue weighted by atomic mass is 16.3. The molecule has 36 heavy (non-hydrogen) atoms. The highest BCUT2D eigenvalue weighted by Crippen LogP contribution is 2.39. The van der Waals surface area contributed by atoms with Gasteiger partial charge in [-0.25, -0.2) is 0 Å². The van der Waals surface area contributed by atoms with Crippen molar-refractivity contribution in [3.8, 4) is 0 Å². The number of nitrogens with zero attached hydrogens (tertiary/aromatic N) is 2. The van der Waals surface area contributed by atoms with E-state index < -0.39 is 17.7 Å². The van der Waals surface area contributed by atoms with E-state index in [1.807, 2.05) is 30.3 Å². The summed E-state index contributed by atoms with van der Waals surface area (Å²) in [6.45, 7) is 12.2. The molecule has 3 rings (SSSR count). The van der Waals surface area contributed by atoms with Gasteiger partial charge in [0.05, 0.1) is 11.6 Å². The molecule has 0 aromatic heterocycles. The van der Waals surface area contributed by atoms with E-state index in [0.717, 1.165) is 57.3 Å². The highest BCUT2D eigenvalue weighted by Gasteiger charge is 2.45. The number of rotatable bonds is 13. The van der Waals surface area contributed by atoms with Crippen molar-refractivity contribution in [2.45, 2.75) is 71.8 Å². The highest BCUT2D eigenvalue weighted by molar-refractivity contribution is 6.46. The zero-order valence-corrected chi connectivity index (χ0v) is 22.4. The first kappa shape index (κ1) is 27.7. The number of hydrogen-bond acceptors (Lipinski definition) is 4. The largest absolute Gasteiger partial charge is 0.507 e. The molecule has 1 heterocycles. The summed E-state index contributed by atoms with van der Waals surface area (Å²) in [5.41, 5.74) is 2.77. The second kappa shape index (κ2) is 13.4. The Kier molecular flexibility index (Phi) is 10.3. The van der Waals surface area contributed by atoms with Crippen LogP contribution in [0.2, 0.25) is 0 Å². The summed E-state index contributed by atoms with van der Waals surface area (Å²) >= 11 is 0. The molecule has 194 valence electrons. The number of carbonyl (C=O) groups is 2. The van der Waals surface area contributed by atoms with Gasteiger partial charge in [-0.05, 0) is 55.9 Å². The van der Waals surface area contributed by atoms with Gasteiger partial charge >= 0.3 is 0 Å². The molecule has 0 saturated carbocycles. The lowest BCUT2D eigenvalue weighted by Gasteiger charge is -2.27. The number of hydrogen-bond donors (Lipinski definition) is 1. The smallest absolute Gasteiger partial charge is 0.295 e. The van der Waals surface area contributed by atoms with Gasteiger partial charge in [-0.2, -0.15) is 0 Å². The van der Waals surface area contributed by atoms with Crippen LogP contribution in [0.1, 0.15) is 88.4 Å². The molecular formula is C31H42N2O3. The van der Waals surface area contributed by atoms with Gasteiger partial charge in [-0.15, -0.1) is 0 Å². The van der Waals surface area contributed by atoms with Crippen molar-refractivity contribution >= 4 is 17.4 Å². The molecule has 2 aromatic rings. The van der Waals surface area contributed by atoms with Gasteiger partial charge in [0, 0.05) is 12.1 Å². The lowest BCUT2D eigenvalue weighted by molar-refractivity contribution is -0.140. The predicted molar refractivity (Wildman–Crippen MR) is 147 cm³/mol. The average Bonchev–Trinajstić information content (AvgIpc) is 3.15. The Balaban J connectivity index is 1.91. The van der Waals surface area contributed by atoms with Crippen molar-refractivity contribution < 1.29 is 14.7 Å². The van der Waals surface area contributed by atoms with E-state index in [2.05, 4.69) is 44.7 Å². The minimum absolute atomic E-state index is 0.109. The molecule has 5 heteroatoms. The van der Waals surface area contributed by atoms with Gasteiger partial charge in [0.15, 0.2) is 0 Å². The minimum Gasteiger partial charge on any atom is -0.507 e. The Morgan fingerprint density at radius 1 is 0.889 bits per heavy atom. The third-order valence-corrected chi connectivity index (χ3v) is 7.04. The number of amides is 1. The molecule has 1 atom stereocenters. The Morgan fingerprint density at radius 3 is 2.03 bits per heavy atom. The summed E-state index contributed by atoms with van der Waals surface area (Å²) in [5.74, 6) is -0.865. The zero-order chi connectivity index (χ0) is 26.1. The average molecular weight is 491 g/mol. The topological polar surface area (TPSA) is 60.9 Å². The number of aliphatic hydroxyl groups excluding tert-OH is 1. The molecule has 5 nitrogen and oxygen atoms in total. The molecule has 1 aliphatic rings. The van der Waals surface area contributed by atoms with Crippen molar-refractivity contribution in [2.75, 3.05) is 26.2 Å². The maximum absolute atomic E-state index is 13.2. The van der Waals surface area contributed by atoms with Crippen LogP contribution in [0.25, 0.3) is 5.76 Å². The molecule has 1 fully saturated rings.